The fourth-order valence-corrected chi connectivity index (χ4v) is 5.75. The molecule has 0 unspecified atom stereocenters. The van der Waals surface area contributed by atoms with E-state index in [2.05, 4.69) is 9.71 Å². The number of aromatic nitrogens is 1. The van der Waals surface area contributed by atoms with Gasteiger partial charge in [-0.2, -0.15) is 0 Å². The largest absolute Gasteiger partial charge is 0.250 e. The van der Waals surface area contributed by atoms with E-state index in [1.54, 1.807) is 18.2 Å². The first kappa shape index (κ1) is 18.2. The molecule has 0 aliphatic heterocycles. The third kappa shape index (κ3) is 4.33. The van der Waals surface area contributed by atoms with E-state index in [-0.39, 0.29) is 5.82 Å². The Labute approximate surface area is 154 Å². The Morgan fingerprint density at radius 3 is 2.64 bits per heavy atom. The number of rotatable bonds is 6. The van der Waals surface area contributed by atoms with Crippen LogP contribution in [0.25, 0.3) is 10.6 Å². The highest BCUT2D eigenvalue weighted by Gasteiger charge is 2.16. The van der Waals surface area contributed by atoms with Gasteiger partial charge in [0.05, 0.1) is 5.69 Å². The van der Waals surface area contributed by atoms with E-state index in [0.717, 1.165) is 26.0 Å². The summed E-state index contributed by atoms with van der Waals surface area (Å²) in [6.45, 7) is 4.05. The number of aryl methyl sites for hydroxylation is 2. The van der Waals surface area contributed by atoms with Crippen LogP contribution in [0.4, 0.5) is 4.39 Å². The summed E-state index contributed by atoms with van der Waals surface area (Å²) in [4.78, 5) is 6.42. The smallest absolute Gasteiger partial charge is 0.241 e. The minimum absolute atomic E-state index is 0.297. The first-order chi connectivity index (χ1) is 11.8. The zero-order valence-corrected chi connectivity index (χ0v) is 16.2. The highest BCUT2D eigenvalue weighted by molar-refractivity contribution is 7.91. The molecule has 0 fully saturated rings. The van der Waals surface area contributed by atoms with Crippen molar-refractivity contribution in [1.82, 2.24) is 9.71 Å². The normalized spacial score (nSPS) is 11.8. The van der Waals surface area contributed by atoms with Gasteiger partial charge >= 0.3 is 0 Å². The minimum Gasteiger partial charge on any atom is -0.241 e. The summed E-state index contributed by atoms with van der Waals surface area (Å²) in [5.74, 6) is -0.300. The van der Waals surface area contributed by atoms with E-state index in [4.69, 9.17) is 0 Å². The first-order valence-electron chi connectivity index (χ1n) is 7.63. The van der Waals surface area contributed by atoms with Crippen molar-refractivity contribution in [1.29, 1.82) is 0 Å². The Balaban J connectivity index is 1.68. The van der Waals surface area contributed by atoms with Crippen molar-refractivity contribution in [3.05, 3.63) is 57.7 Å². The van der Waals surface area contributed by atoms with Gasteiger partial charge in [-0.1, -0.05) is 12.1 Å². The monoisotopic (exact) mass is 396 g/mol. The lowest BCUT2D eigenvalue weighted by atomic mass is 10.2. The lowest BCUT2D eigenvalue weighted by molar-refractivity contribution is 0.584. The summed E-state index contributed by atoms with van der Waals surface area (Å²) in [6, 6.07) is 9.71. The lowest BCUT2D eigenvalue weighted by Crippen LogP contribution is -2.25. The van der Waals surface area contributed by atoms with Crippen LogP contribution in [0.1, 0.15) is 15.4 Å². The van der Waals surface area contributed by atoms with Gasteiger partial charge in [-0.05, 0) is 44.5 Å². The van der Waals surface area contributed by atoms with Gasteiger partial charge in [-0.25, -0.2) is 22.5 Å². The van der Waals surface area contributed by atoms with Crippen LogP contribution >= 0.6 is 22.7 Å². The molecule has 8 heteroatoms. The van der Waals surface area contributed by atoms with Crippen molar-refractivity contribution in [3.8, 4) is 10.6 Å². The molecule has 0 saturated heterocycles. The summed E-state index contributed by atoms with van der Waals surface area (Å²) in [5.41, 5.74) is 1.57. The number of thiazole rings is 1. The van der Waals surface area contributed by atoms with E-state index >= 15 is 0 Å². The van der Waals surface area contributed by atoms with Crippen LogP contribution in [0.15, 0.2) is 40.6 Å². The molecule has 2 heterocycles. The highest BCUT2D eigenvalue weighted by atomic mass is 32.2. The van der Waals surface area contributed by atoms with E-state index in [9.17, 15) is 12.8 Å². The number of nitrogens with zero attached hydrogens (tertiary/aromatic N) is 1. The number of benzene rings is 1. The molecule has 0 amide bonds. The summed E-state index contributed by atoms with van der Waals surface area (Å²) in [7, 11) is -3.47. The molecule has 0 atom stereocenters. The van der Waals surface area contributed by atoms with Crippen molar-refractivity contribution in [2.45, 2.75) is 24.5 Å². The van der Waals surface area contributed by atoms with Gasteiger partial charge in [0, 0.05) is 21.9 Å². The average Bonchev–Trinajstić information content (AvgIpc) is 3.14. The Morgan fingerprint density at radius 2 is 1.96 bits per heavy atom. The first-order valence-corrected chi connectivity index (χ1v) is 10.7. The summed E-state index contributed by atoms with van der Waals surface area (Å²) < 4.78 is 40.8. The molecule has 2 aromatic heterocycles. The highest BCUT2D eigenvalue weighted by Crippen LogP contribution is 2.28. The maximum atomic E-state index is 13.4. The second-order valence-corrected chi connectivity index (χ2v) is 9.92. The third-order valence-corrected chi connectivity index (χ3v) is 7.81. The zero-order valence-electron chi connectivity index (χ0n) is 13.7. The molecule has 4 nitrogen and oxygen atoms in total. The molecule has 1 N–H and O–H groups in total. The molecule has 1 aromatic carbocycles. The molecule has 3 aromatic rings. The number of halogens is 1. The molecule has 25 heavy (non-hydrogen) atoms. The van der Waals surface area contributed by atoms with Gasteiger partial charge < -0.3 is 0 Å². The number of sulfonamides is 1. The molecule has 0 spiro atoms. The van der Waals surface area contributed by atoms with Gasteiger partial charge in [0.2, 0.25) is 10.0 Å². The molecular weight excluding hydrogens is 379 g/mol. The minimum atomic E-state index is -3.47. The summed E-state index contributed by atoms with van der Waals surface area (Å²) in [6.07, 6.45) is 0.544. The number of hydrogen-bond donors (Lipinski definition) is 1. The number of nitrogens with one attached hydrogen (secondary N) is 1. The quantitative estimate of drug-likeness (QED) is 0.681. The molecule has 0 aliphatic rings. The maximum Gasteiger partial charge on any atom is 0.250 e. The van der Waals surface area contributed by atoms with E-state index in [1.807, 2.05) is 19.9 Å². The topological polar surface area (TPSA) is 59.1 Å². The molecule has 132 valence electrons. The molecular formula is C17H17FN2O2S3. The number of hydrogen-bond acceptors (Lipinski definition) is 5. The fourth-order valence-electron chi connectivity index (χ4n) is 2.33. The van der Waals surface area contributed by atoms with Crippen LogP contribution in [-0.4, -0.2) is 19.9 Å². The lowest BCUT2D eigenvalue weighted by Gasteiger charge is -2.03. The Kier molecular flexibility index (Phi) is 5.33. The molecule has 0 radical (unpaired) electrons. The van der Waals surface area contributed by atoms with Crippen molar-refractivity contribution in [2.24, 2.45) is 0 Å². The van der Waals surface area contributed by atoms with Gasteiger partial charge in [0.15, 0.2) is 0 Å². The van der Waals surface area contributed by atoms with Crippen LogP contribution in [-0.2, 0) is 16.4 Å². The SMILES string of the molecule is Cc1ccc(S(=O)(=O)NCCc2sc(-c3cccc(F)c3)nc2C)s1. The summed E-state index contributed by atoms with van der Waals surface area (Å²) in [5, 5.41) is 0.740. The molecule has 0 saturated carbocycles. The summed E-state index contributed by atoms with van der Waals surface area (Å²) >= 11 is 2.71. The predicted molar refractivity (Wildman–Crippen MR) is 100 cm³/mol. The van der Waals surface area contributed by atoms with Crippen molar-refractivity contribution in [2.75, 3.05) is 6.54 Å². The number of thiophene rings is 1. The zero-order chi connectivity index (χ0) is 18.0. The van der Waals surface area contributed by atoms with E-state index < -0.39 is 10.0 Å². The van der Waals surface area contributed by atoms with Crippen LogP contribution in [0, 0.1) is 19.7 Å². The Morgan fingerprint density at radius 1 is 1.16 bits per heavy atom. The van der Waals surface area contributed by atoms with Crippen molar-refractivity contribution < 1.29 is 12.8 Å². The predicted octanol–water partition coefficient (Wildman–Crippen LogP) is 4.15. The second-order valence-electron chi connectivity index (χ2n) is 5.55. The van der Waals surface area contributed by atoms with Gasteiger partial charge in [-0.15, -0.1) is 22.7 Å². The van der Waals surface area contributed by atoms with Crippen LogP contribution < -0.4 is 4.72 Å². The molecule has 3 rings (SSSR count). The van der Waals surface area contributed by atoms with Crippen molar-refractivity contribution in [3.63, 3.8) is 0 Å². The van der Waals surface area contributed by atoms with Crippen LogP contribution in [0.2, 0.25) is 0 Å². The average molecular weight is 397 g/mol. The standard InChI is InChI=1S/C17H17FN2O2S3/c1-11-6-7-16(23-11)25(21,22)19-9-8-15-12(2)20-17(24-15)13-4-3-5-14(18)10-13/h3-7,10,19H,8-9H2,1-2H3. The third-order valence-electron chi connectivity index (χ3n) is 3.59. The van der Waals surface area contributed by atoms with E-state index in [1.165, 1.54) is 34.8 Å². The van der Waals surface area contributed by atoms with Gasteiger partial charge in [-0.3, -0.25) is 0 Å². The fraction of sp³-hybridized carbons (Fsp3) is 0.235. The molecule has 0 aliphatic carbocycles. The van der Waals surface area contributed by atoms with Gasteiger partial charge in [0.25, 0.3) is 0 Å². The maximum absolute atomic E-state index is 13.4. The second kappa shape index (κ2) is 7.33. The Bertz CT molecular complexity index is 993. The van der Waals surface area contributed by atoms with Crippen LogP contribution in [0.5, 0.6) is 0 Å². The van der Waals surface area contributed by atoms with Gasteiger partial charge in [0.1, 0.15) is 15.0 Å². The van der Waals surface area contributed by atoms with Crippen LogP contribution in [0.3, 0.4) is 0 Å². The van der Waals surface area contributed by atoms with E-state index in [0.29, 0.717) is 17.2 Å². The molecule has 0 bridgehead atoms. The Hall–Kier alpha value is -1.61. The van der Waals surface area contributed by atoms with Crippen molar-refractivity contribution >= 4 is 32.7 Å².